The van der Waals surface area contributed by atoms with E-state index >= 15 is 0 Å². The highest BCUT2D eigenvalue weighted by Crippen LogP contribution is 2.18. The minimum atomic E-state index is -0.475. The van der Waals surface area contributed by atoms with Crippen molar-refractivity contribution in [3.05, 3.63) is 65.2 Å². The Labute approximate surface area is 165 Å². The number of carbonyl (C=O) groups excluding carboxylic acids is 2. The summed E-state index contributed by atoms with van der Waals surface area (Å²) in [6.07, 6.45) is 0.141. The van der Waals surface area contributed by atoms with Crippen molar-refractivity contribution in [3.63, 3.8) is 0 Å². The lowest BCUT2D eigenvalue weighted by molar-refractivity contribution is -0.134. The number of methoxy groups -OCH3 is 1. The predicted octanol–water partition coefficient (Wildman–Crippen LogP) is 2.01. The van der Waals surface area contributed by atoms with E-state index in [1.54, 1.807) is 7.11 Å². The van der Waals surface area contributed by atoms with Gasteiger partial charge in [-0.1, -0.05) is 36.4 Å². The third-order valence-corrected chi connectivity index (χ3v) is 5.08. The molecule has 1 atom stereocenters. The van der Waals surface area contributed by atoms with E-state index in [-0.39, 0.29) is 18.2 Å². The molecule has 1 unspecified atom stereocenters. The zero-order valence-corrected chi connectivity index (χ0v) is 16.4. The maximum Gasteiger partial charge on any atom is 0.237 e. The zero-order valence-electron chi connectivity index (χ0n) is 16.4. The lowest BCUT2D eigenvalue weighted by atomic mass is 10.1. The molecule has 0 aromatic heterocycles. The van der Waals surface area contributed by atoms with Crippen LogP contribution >= 0.6 is 0 Å². The topological polar surface area (TPSA) is 70.7 Å². The van der Waals surface area contributed by atoms with Crippen LogP contribution in [0.15, 0.2) is 48.5 Å². The fourth-order valence-corrected chi connectivity index (χ4v) is 3.43. The number of nitrogens with zero attached hydrogens (tertiary/aromatic N) is 1. The molecule has 2 aromatic rings. The van der Waals surface area contributed by atoms with Gasteiger partial charge in [-0.05, 0) is 35.7 Å². The fraction of sp³-hybridized carbons (Fsp3) is 0.364. The first-order chi connectivity index (χ1) is 13.6. The van der Waals surface area contributed by atoms with Gasteiger partial charge < -0.3 is 15.4 Å². The van der Waals surface area contributed by atoms with E-state index in [0.717, 1.165) is 22.4 Å². The van der Waals surface area contributed by atoms with Gasteiger partial charge in [-0.15, -0.1) is 0 Å². The second-order valence-corrected chi connectivity index (χ2v) is 7.04. The molecule has 1 saturated heterocycles. The summed E-state index contributed by atoms with van der Waals surface area (Å²) in [5.74, 6) is 0.563. The van der Waals surface area contributed by atoms with Gasteiger partial charge in [-0.2, -0.15) is 0 Å². The number of hydrogen-bond acceptors (Lipinski definition) is 4. The van der Waals surface area contributed by atoms with Crippen LogP contribution in [0.2, 0.25) is 0 Å². The lowest BCUT2D eigenvalue weighted by Crippen LogP contribution is -2.56. The van der Waals surface area contributed by atoms with Crippen molar-refractivity contribution < 1.29 is 14.3 Å². The first kappa shape index (κ1) is 19.9. The number of ether oxygens (including phenoxy) is 1. The van der Waals surface area contributed by atoms with Crippen LogP contribution in [0.4, 0.5) is 0 Å². The summed E-state index contributed by atoms with van der Waals surface area (Å²) in [5.41, 5.74) is 3.27. The van der Waals surface area contributed by atoms with Gasteiger partial charge in [0.15, 0.2) is 0 Å². The van der Waals surface area contributed by atoms with Crippen LogP contribution in [0.25, 0.3) is 0 Å². The number of benzene rings is 2. The van der Waals surface area contributed by atoms with Gasteiger partial charge in [-0.3, -0.25) is 14.5 Å². The van der Waals surface area contributed by atoms with E-state index in [1.807, 2.05) is 55.5 Å². The predicted molar refractivity (Wildman–Crippen MR) is 108 cm³/mol. The quantitative estimate of drug-likeness (QED) is 0.770. The highest BCUT2D eigenvalue weighted by atomic mass is 16.5. The third-order valence-electron chi connectivity index (χ3n) is 5.08. The number of amides is 2. The van der Waals surface area contributed by atoms with Crippen LogP contribution in [0.3, 0.4) is 0 Å². The molecule has 1 heterocycles. The minimum Gasteiger partial charge on any atom is -0.497 e. The van der Waals surface area contributed by atoms with Crippen molar-refractivity contribution in [2.75, 3.05) is 20.2 Å². The molecule has 0 spiro atoms. The first-order valence-electron chi connectivity index (χ1n) is 9.52. The van der Waals surface area contributed by atoms with Crippen molar-refractivity contribution in [3.8, 4) is 5.75 Å². The van der Waals surface area contributed by atoms with Crippen LogP contribution in [0, 0.1) is 6.92 Å². The Balaban J connectivity index is 1.62. The van der Waals surface area contributed by atoms with Crippen LogP contribution in [-0.2, 0) is 22.7 Å². The number of hydrogen-bond donors (Lipinski definition) is 2. The maximum atomic E-state index is 12.5. The van der Waals surface area contributed by atoms with Gasteiger partial charge in [0.25, 0.3) is 0 Å². The van der Waals surface area contributed by atoms with Crippen LogP contribution in [-0.4, -0.2) is 43.0 Å². The standard InChI is InChI=1S/C22H27N3O3/c1-16-6-3-4-8-18(16)14-24-21(26)13-20-22(27)23-10-11-25(20)15-17-7-5-9-19(12-17)28-2/h3-9,12,20H,10-11,13-15H2,1-2H3,(H,23,27)(H,24,26). The van der Waals surface area contributed by atoms with E-state index in [2.05, 4.69) is 15.5 Å². The van der Waals surface area contributed by atoms with E-state index < -0.39 is 6.04 Å². The highest BCUT2D eigenvalue weighted by molar-refractivity contribution is 5.88. The summed E-state index contributed by atoms with van der Waals surface area (Å²) in [7, 11) is 1.63. The molecule has 2 amide bonds. The average molecular weight is 381 g/mol. The molecule has 0 aliphatic carbocycles. The lowest BCUT2D eigenvalue weighted by Gasteiger charge is -2.34. The van der Waals surface area contributed by atoms with Gasteiger partial charge in [0.1, 0.15) is 5.75 Å². The number of nitrogens with one attached hydrogen (secondary N) is 2. The molecule has 1 aliphatic heterocycles. The molecule has 1 aliphatic rings. The molecule has 148 valence electrons. The molecule has 0 radical (unpaired) electrons. The van der Waals surface area contributed by atoms with Gasteiger partial charge in [-0.25, -0.2) is 0 Å². The van der Waals surface area contributed by atoms with Gasteiger partial charge in [0, 0.05) is 26.2 Å². The smallest absolute Gasteiger partial charge is 0.237 e. The average Bonchev–Trinajstić information content (AvgIpc) is 2.70. The summed E-state index contributed by atoms with van der Waals surface area (Å²) in [4.78, 5) is 27.0. The van der Waals surface area contributed by atoms with Crippen molar-refractivity contribution in [1.82, 2.24) is 15.5 Å². The Bertz CT molecular complexity index is 837. The van der Waals surface area contributed by atoms with Gasteiger partial charge >= 0.3 is 0 Å². The SMILES string of the molecule is COc1cccc(CN2CCNC(=O)C2CC(=O)NCc2ccccc2C)c1. The highest BCUT2D eigenvalue weighted by Gasteiger charge is 2.31. The summed E-state index contributed by atoms with van der Waals surface area (Å²) < 4.78 is 5.28. The van der Waals surface area contributed by atoms with Crippen molar-refractivity contribution >= 4 is 11.8 Å². The number of carbonyl (C=O) groups is 2. The largest absolute Gasteiger partial charge is 0.497 e. The van der Waals surface area contributed by atoms with Crippen molar-refractivity contribution in [2.24, 2.45) is 0 Å². The molecule has 6 nitrogen and oxygen atoms in total. The normalized spacial score (nSPS) is 17.1. The van der Waals surface area contributed by atoms with E-state index in [1.165, 1.54) is 0 Å². The second kappa shape index (κ2) is 9.37. The number of aryl methyl sites for hydroxylation is 1. The molecule has 28 heavy (non-hydrogen) atoms. The first-order valence-corrected chi connectivity index (χ1v) is 9.52. The zero-order chi connectivity index (χ0) is 19.9. The van der Waals surface area contributed by atoms with Crippen molar-refractivity contribution in [2.45, 2.75) is 32.5 Å². The van der Waals surface area contributed by atoms with E-state index in [9.17, 15) is 9.59 Å². The molecular weight excluding hydrogens is 354 g/mol. The van der Waals surface area contributed by atoms with Gasteiger partial charge in [0.2, 0.25) is 11.8 Å². The third kappa shape index (κ3) is 5.10. The molecule has 6 heteroatoms. The van der Waals surface area contributed by atoms with Crippen LogP contribution < -0.4 is 15.4 Å². The minimum absolute atomic E-state index is 0.0970. The van der Waals surface area contributed by atoms with E-state index in [0.29, 0.717) is 26.2 Å². The molecule has 1 fully saturated rings. The Morgan fingerprint density at radius 1 is 1.25 bits per heavy atom. The number of piperazine rings is 1. The summed E-state index contributed by atoms with van der Waals surface area (Å²) >= 11 is 0. The van der Waals surface area contributed by atoms with E-state index in [4.69, 9.17) is 4.74 Å². The molecule has 2 N–H and O–H groups in total. The Morgan fingerprint density at radius 3 is 2.86 bits per heavy atom. The van der Waals surface area contributed by atoms with Gasteiger partial charge in [0.05, 0.1) is 19.6 Å². The summed E-state index contributed by atoms with van der Waals surface area (Å²) in [5, 5.41) is 5.82. The van der Waals surface area contributed by atoms with Crippen LogP contribution in [0.1, 0.15) is 23.1 Å². The second-order valence-electron chi connectivity index (χ2n) is 7.04. The monoisotopic (exact) mass is 381 g/mol. The number of rotatable bonds is 7. The summed E-state index contributed by atoms with van der Waals surface area (Å²) in [6, 6.07) is 15.3. The molecular formula is C22H27N3O3. The van der Waals surface area contributed by atoms with Crippen molar-refractivity contribution in [1.29, 1.82) is 0 Å². The maximum absolute atomic E-state index is 12.5. The molecule has 0 saturated carbocycles. The summed E-state index contributed by atoms with van der Waals surface area (Å²) in [6.45, 7) is 4.38. The Kier molecular flexibility index (Phi) is 6.66. The Morgan fingerprint density at radius 2 is 2.07 bits per heavy atom. The molecule has 2 aromatic carbocycles. The molecule has 3 rings (SSSR count). The molecule has 0 bridgehead atoms. The Hall–Kier alpha value is -2.86. The van der Waals surface area contributed by atoms with Crippen LogP contribution in [0.5, 0.6) is 5.75 Å². The fourth-order valence-electron chi connectivity index (χ4n) is 3.43.